The third-order valence-electron chi connectivity index (χ3n) is 4.28. The van der Waals surface area contributed by atoms with Crippen molar-refractivity contribution in [3.05, 3.63) is 71.5 Å². The number of allylic oxidation sites excluding steroid dienone is 2. The fourth-order valence-corrected chi connectivity index (χ4v) is 3.51. The van der Waals surface area contributed by atoms with Gasteiger partial charge in [0.2, 0.25) is 0 Å². The van der Waals surface area contributed by atoms with Crippen LogP contribution in [0.2, 0.25) is 0 Å². The topological polar surface area (TPSA) is 106 Å². The largest absolute Gasteiger partial charge is 0.497 e. The van der Waals surface area contributed by atoms with Crippen molar-refractivity contribution in [3.63, 3.8) is 0 Å². The zero-order chi connectivity index (χ0) is 24.6. The number of nitrogens with zero attached hydrogens (tertiary/aromatic N) is 1. The summed E-state index contributed by atoms with van der Waals surface area (Å²) in [5.74, 6) is 1.13. The molecule has 0 radical (unpaired) electrons. The van der Waals surface area contributed by atoms with Crippen molar-refractivity contribution in [2.24, 2.45) is 4.99 Å². The number of aliphatic imine (C=N–C) groups is 1. The van der Waals surface area contributed by atoms with Gasteiger partial charge < -0.3 is 14.8 Å². The lowest BCUT2D eigenvalue weighted by Gasteiger charge is -2.21. The van der Waals surface area contributed by atoms with Crippen molar-refractivity contribution >= 4 is 22.8 Å². The van der Waals surface area contributed by atoms with Gasteiger partial charge in [0, 0.05) is 17.8 Å². The van der Waals surface area contributed by atoms with E-state index in [2.05, 4.69) is 17.0 Å². The molecule has 0 unspecified atom stereocenters. The fraction of sp³-hybridized carbons (Fsp3) is 0.250. The fourth-order valence-electron chi connectivity index (χ4n) is 2.69. The van der Waals surface area contributed by atoms with Crippen molar-refractivity contribution in [3.8, 4) is 22.6 Å². The molecule has 0 aromatic heterocycles. The van der Waals surface area contributed by atoms with E-state index in [-0.39, 0.29) is 10.7 Å². The molecule has 0 saturated heterocycles. The molecule has 0 saturated carbocycles. The maximum Gasteiger partial charge on any atom is 0.329 e. The highest BCUT2D eigenvalue weighted by molar-refractivity contribution is 7.93. The lowest BCUT2D eigenvalue weighted by Crippen LogP contribution is -2.48. The van der Waals surface area contributed by atoms with E-state index in [0.717, 1.165) is 16.9 Å². The summed E-state index contributed by atoms with van der Waals surface area (Å²) in [5, 5.41) is 2.55. The monoisotopic (exact) mass is 471 g/mol. The van der Waals surface area contributed by atoms with Crippen LogP contribution >= 0.6 is 0 Å². The Morgan fingerprint density at radius 3 is 2.30 bits per heavy atom. The van der Waals surface area contributed by atoms with Crippen molar-refractivity contribution in [1.82, 2.24) is 10.0 Å². The van der Waals surface area contributed by atoms with Gasteiger partial charge in [-0.3, -0.25) is 4.99 Å². The molecule has 0 atom stereocenters. The molecule has 176 valence electrons. The third-order valence-corrected chi connectivity index (χ3v) is 5.74. The van der Waals surface area contributed by atoms with Gasteiger partial charge in [0.1, 0.15) is 22.2 Å². The van der Waals surface area contributed by atoms with Gasteiger partial charge >= 0.3 is 6.03 Å². The molecule has 9 heteroatoms. The van der Waals surface area contributed by atoms with Crippen molar-refractivity contribution in [1.29, 1.82) is 0 Å². The SMILES string of the molecule is C=N/C=C\C(Oc1cccc(-c2ccc(OC)cc2)c1)=C(/C)S(=O)(=O)NC(=O)NC(C)(C)C. The van der Waals surface area contributed by atoms with E-state index in [1.165, 1.54) is 19.2 Å². The zero-order valence-corrected chi connectivity index (χ0v) is 20.2. The Hall–Kier alpha value is -3.59. The second-order valence-electron chi connectivity index (χ2n) is 8.09. The molecule has 0 spiro atoms. The number of methoxy groups -OCH3 is 1. The van der Waals surface area contributed by atoms with Crippen molar-refractivity contribution < 1.29 is 22.7 Å². The van der Waals surface area contributed by atoms with Crippen LogP contribution in [-0.4, -0.2) is 33.8 Å². The quantitative estimate of drug-likeness (QED) is 0.332. The van der Waals surface area contributed by atoms with Crippen LogP contribution < -0.4 is 19.5 Å². The molecule has 0 aliphatic heterocycles. The normalized spacial score (nSPS) is 12.6. The second-order valence-corrected chi connectivity index (χ2v) is 9.91. The van der Waals surface area contributed by atoms with E-state index >= 15 is 0 Å². The van der Waals surface area contributed by atoms with E-state index in [4.69, 9.17) is 9.47 Å². The minimum Gasteiger partial charge on any atom is -0.497 e. The summed E-state index contributed by atoms with van der Waals surface area (Å²) in [5.41, 5.74) is 1.19. The first-order chi connectivity index (χ1) is 15.4. The molecule has 0 heterocycles. The van der Waals surface area contributed by atoms with Gasteiger partial charge in [0.05, 0.1) is 7.11 Å². The number of benzene rings is 2. The van der Waals surface area contributed by atoms with E-state index in [9.17, 15) is 13.2 Å². The Labute approximate surface area is 195 Å². The van der Waals surface area contributed by atoms with Gasteiger partial charge in [-0.25, -0.2) is 17.9 Å². The first-order valence-electron chi connectivity index (χ1n) is 10.1. The van der Waals surface area contributed by atoms with Gasteiger partial charge in [-0.1, -0.05) is 24.3 Å². The smallest absolute Gasteiger partial charge is 0.329 e. The summed E-state index contributed by atoms with van der Waals surface area (Å²) in [6.07, 6.45) is 2.67. The standard InChI is InChI=1S/C24H29N3O5S/c1-17(33(29,30)27-23(28)26-24(2,3)4)22(14-15-25-5)32-21-9-7-8-19(16-21)18-10-12-20(31-6)13-11-18/h7-16H,5H2,1-4,6H3,(H2,26,27,28)/b15-14-,22-17-. The van der Waals surface area contributed by atoms with Gasteiger partial charge in [0.15, 0.2) is 0 Å². The molecule has 2 aromatic rings. The van der Waals surface area contributed by atoms with Crippen LogP contribution in [0.1, 0.15) is 27.7 Å². The number of carbonyl (C=O) groups excluding carboxylic acids is 1. The predicted molar refractivity (Wildman–Crippen MR) is 131 cm³/mol. The summed E-state index contributed by atoms with van der Waals surface area (Å²) >= 11 is 0. The number of amides is 2. The van der Waals surface area contributed by atoms with Crippen molar-refractivity contribution in [2.75, 3.05) is 7.11 Å². The van der Waals surface area contributed by atoms with Gasteiger partial charge in [0.25, 0.3) is 10.0 Å². The van der Waals surface area contributed by atoms with E-state index in [0.29, 0.717) is 5.75 Å². The number of urea groups is 1. The number of ether oxygens (including phenoxy) is 2. The molecule has 2 rings (SSSR count). The summed E-state index contributed by atoms with van der Waals surface area (Å²) in [6, 6.07) is 13.8. The van der Waals surface area contributed by atoms with Crippen LogP contribution in [-0.2, 0) is 10.0 Å². The summed E-state index contributed by atoms with van der Waals surface area (Å²) in [4.78, 5) is 15.5. The Bertz CT molecular complexity index is 1160. The Balaban J connectivity index is 2.36. The lowest BCUT2D eigenvalue weighted by atomic mass is 10.1. The minimum atomic E-state index is -4.19. The number of hydrogen-bond donors (Lipinski definition) is 2. The third kappa shape index (κ3) is 7.80. The van der Waals surface area contributed by atoms with Crippen LogP contribution in [0.3, 0.4) is 0 Å². The molecule has 8 nitrogen and oxygen atoms in total. The van der Waals surface area contributed by atoms with E-state index in [1.807, 2.05) is 35.1 Å². The molecule has 33 heavy (non-hydrogen) atoms. The van der Waals surface area contributed by atoms with Gasteiger partial charge in [-0.05, 0) is 69.8 Å². The predicted octanol–water partition coefficient (Wildman–Crippen LogP) is 4.61. The Kier molecular flexibility index (Phi) is 8.42. The van der Waals surface area contributed by atoms with Crippen LogP contribution in [0, 0.1) is 0 Å². The second kappa shape index (κ2) is 10.8. The van der Waals surface area contributed by atoms with Crippen LogP contribution in [0.4, 0.5) is 4.79 Å². The molecular weight excluding hydrogens is 442 g/mol. The van der Waals surface area contributed by atoms with Crippen LogP contribution in [0.25, 0.3) is 11.1 Å². The zero-order valence-electron chi connectivity index (χ0n) is 19.4. The van der Waals surface area contributed by atoms with Gasteiger partial charge in [-0.2, -0.15) is 0 Å². The number of sulfonamides is 1. The summed E-state index contributed by atoms with van der Waals surface area (Å²) < 4.78 is 38.6. The molecule has 2 aromatic carbocycles. The number of rotatable bonds is 8. The number of nitrogens with one attached hydrogen (secondary N) is 2. The molecule has 2 N–H and O–H groups in total. The highest BCUT2D eigenvalue weighted by Gasteiger charge is 2.23. The molecule has 0 aliphatic carbocycles. The summed E-state index contributed by atoms with van der Waals surface area (Å²) in [7, 11) is -2.59. The molecule has 2 amide bonds. The molecular formula is C24H29N3O5S. The minimum absolute atomic E-state index is 0.00894. The van der Waals surface area contributed by atoms with Crippen LogP contribution in [0.15, 0.2) is 76.5 Å². The highest BCUT2D eigenvalue weighted by atomic mass is 32.2. The molecule has 0 fully saturated rings. The van der Waals surface area contributed by atoms with Gasteiger partial charge in [-0.15, -0.1) is 0 Å². The maximum atomic E-state index is 12.8. The number of carbonyl (C=O) groups is 1. The Morgan fingerprint density at radius 1 is 1.06 bits per heavy atom. The first kappa shape index (κ1) is 25.7. The highest BCUT2D eigenvalue weighted by Crippen LogP contribution is 2.27. The van der Waals surface area contributed by atoms with Crippen molar-refractivity contribution in [2.45, 2.75) is 33.2 Å². The first-order valence-corrected chi connectivity index (χ1v) is 11.5. The number of hydrogen-bond acceptors (Lipinski definition) is 6. The Morgan fingerprint density at radius 2 is 1.73 bits per heavy atom. The van der Waals surface area contributed by atoms with E-state index in [1.54, 1.807) is 46.1 Å². The summed E-state index contributed by atoms with van der Waals surface area (Å²) in [6.45, 7) is 9.92. The average molecular weight is 472 g/mol. The maximum absolute atomic E-state index is 12.8. The van der Waals surface area contributed by atoms with E-state index < -0.39 is 21.6 Å². The molecule has 0 bridgehead atoms. The molecule has 0 aliphatic rings. The average Bonchev–Trinajstić information content (AvgIpc) is 2.74. The van der Waals surface area contributed by atoms with Crippen LogP contribution in [0.5, 0.6) is 11.5 Å². The lowest BCUT2D eigenvalue weighted by molar-refractivity contribution is 0.237.